The Morgan fingerprint density at radius 2 is 2.04 bits per heavy atom. The first-order valence-corrected chi connectivity index (χ1v) is 9.65. The fourth-order valence-corrected chi connectivity index (χ4v) is 4.88. The average molecular weight is 374 g/mol. The van der Waals surface area contributed by atoms with E-state index in [1.165, 1.54) is 12.7 Å². The number of ether oxygens (including phenoxy) is 1. The molecule has 0 aliphatic carbocycles. The summed E-state index contributed by atoms with van der Waals surface area (Å²) in [6.07, 6.45) is 1.82. The number of aliphatic hydroxyl groups is 2. The maximum Gasteiger partial charge on any atom is 0.151 e. The molecule has 146 valence electrons. The van der Waals surface area contributed by atoms with E-state index in [0.29, 0.717) is 23.6 Å². The smallest absolute Gasteiger partial charge is 0.151 e. The highest BCUT2D eigenvalue weighted by molar-refractivity contribution is 5.65. The number of nitrogens with one attached hydrogen (secondary N) is 1. The van der Waals surface area contributed by atoms with Crippen molar-refractivity contribution in [2.75, 3.05) is 31.9 Å². The highest BCUT2D eigenvalue weighted by Gasteiger charge is 2.50. The first-order chi connectivity index (χ1) is 13.1. The van der Waals surface area contributed by atoms with Crippen molar-refractivity contribution in [3.05, 3.63) is 24.2 Å². The fourth-order valence-electron chi connectivity index (χ4n) is 4.88. The predicted molar refractivity (Wildman–Crippen MR) is 98.1 cm³/mol. The van der Waals surface area contributed by atoms with Crippen molar-refractivity contribution in [2.24, 2.45) is 0 Å². The first kappa shape index (κ1) is 17.3. The Morgan fingerprint density at radius 1 is 1.22 bits per heavy atom. The van der Waals surface area contributed by atoms with E-state index in [0.717, 1.165) is 32.5 Å². The molecule has 3 fully saturated rings. The summed E-state index contributed by atoms with van der Waals surface area (Å²) in [6, 6.07) is 3.63. The van der Waals surface area contributed by atoms with Gasteiger partial charge in [0.15, 0.2) is 5.82 Å². The molecule has 27 heavy (non-hydrogen) atoms. The maximum atomic E-state index is 10.6. The number of aromatic nitrogens is 3. The molecule has 3 aliphatic heterocycles. The molecule has 9 nitrogen and oxygen atoms in total. The molecule has 0 amide bonds. The van der Waals surface area contributed by atoms with Crippen LogP contribution in [0.1, 0.15) is 31.1 Å². The number of hydrogen-bond acceptors (Lipinski definition) is 8. The molecule has 9 heteroatoms. The lowest BCUT2D eigenvalue weighted by Gasteiger charge is -2.56. The van der Waals surface area contributed by atoms with E-state index in [-0.39, 0.29) is 5.54 Å². The van der Waals surface area contributed by atoms with Crippen LogP contribution in [0, 0.1) is 0 Å². The van der Waals surface area contributed by atoms with Crippen molar-refractivity contribution in [1.29, 1.82) is 0 Å². The van der Waals surface area contributed by atoms with Gasteiger partial charge in [0.2, 0.25) is 0 Å². The molecule has 5 heterocycles. The van der Waals surface area contributed by atoms with E-state index in [4.69, 9.17) is 10.5 Å². The topological polar surface area (TPSA) is 121 Å². The number of nitrogen functional groups attached to an aromatic ring is 1. The molecule has 3 aliphatic rings. The third-order valence-corrected chi connectivity index (χ3v) is 6.62. The van der Waals surface area contributed by atoms with Crippen LogP contribution in [0.25, 0.3) is 5.52 Å². The van der Waals surface area contributed by atoms with Gasteiger partial charge in [-0.05, 0) is 44.5 Å². The van der Waals surface area contributed by atoms with Crippen LogP contribution in [-0.2, 0) is 4.74 Å². The Hall–Kier alpha value is -1.78. The van der Waals surface area contributed by atoms with Gasteiger partial charge < -0.3 is 26.0 Å². The summed E-state index contributed by atoms with van der Waals surface area (Å²) in [4.78, 5) is 6.41. The van der Waals surface area contributed by atoms with Crippen LogP contribution in [0.2, 0.25) is 0 Å². The first-order valence-electron chi connectivity index (χ1n) is 9.65. The number of aliphatic hydroxyl groups excluding tert-OH is 2. The lowest BCUT2D eigenvalue weighted by molar-refractivity contribution is -0.0886. The summed E-state index contributed by atoms with van der Waals surface area (Å²) in [5.74, 6) is 0.370. The average Bonchev–Trinajstić information content (AvgIpc) is 3.23. The van der Waals surface area contributed by atoms with Crippen LogP contribution < -0.4 is 11.1 Å². The van der Waals surface area contributed by atoms with Gasteiger partial charge in [-0.1, -0.05) is 0 Å². The minimum atomic E-state index is -1.01. The van der Waals surface area contributed by atoms with E-state index in [1.807, 2.05) is 6.07 Å². The van der Waals surface area contributed by atoms with Crippen molar-refractivity contribution in [1.82, 2.24) is 24.8 Å². The van der Waals surface area contributed by atoms with Crippen LogP contribution in [0.3, 0.4) is 0 Å². The normalized spacial score (nSPS) is 33.6. The van der Waals surface area contributed by atoms with Crippen LogP contribution in [0.15, 0.2) is 18.5 Å². The number of likely N-dealkylation sites (tertiary alicyclic amines) is 1. The van der Waals surface area contributed by atoms with Gasteiger partial charge >= 0.3 is 0 Å². The monoisotopic (exact) mass is 374 g/mol. The lowest BCUT2D eigenvalue weighted by atomic mass is 9.76. The second-order valence-electron chi connectivity index (χ2n) is 7.95. The predicted octanol–water partition coefficient (Wildman–Crippen LogP) is -0.699. The van der Waals surface area contributed by atoms with Crippen molar-refractivity contribution in [2.45, 2.75) is 49.2 Å². The van der Waals surface area contributed by atoms with Crippen molar-refractivity contribution in [3.8, 4) is 0 Å². The van der Waals surface area contributed by atoms with Gasteiger partial charge in [0.1, 0.15) is 30.2 Å². The molecule has 0 aromatic carbocycles. The zero-order valence-electron chi connectivity index (χ0n) is 15.2. The van der Waals surface area contributed by atoms with Crippen LogP contribution in [-0.4, -0.2) is 79.7 Å². The number of nitrogens with two attached hydrogens (primary N) is 1. The van der Waals surface area contributed by atoms with Crippen molar-refractivity contribution >= 4 is 11.3 Å². The number of fused-ring (bicyclic) bond motifs is 1. The highest BCUT2D eigenvalue weighted by atomic mass is 16.5. The zero-order valence-corrected chi connectivity index (χ0v) is 15.2. The summed E-state index contributed by atoms with van der Waals surface area (Å²) in [7, 11) is 0. The number of nitrogens with zero attached hydrogens (tertiary/aromatic N) is 4. The molecule has 1 spiro atoms. The Labute approximate surface area is 157 Å². The van der Waals surface area contributed by atoms with Crippen molar-refractivity contribution < 1.29 is 14.9 Å². The van der Waals surface area contributed by atoms with Gasteiger partial charge in [0.05, 0.1) is 11.8 Å². The Morgan fingerprint density at radius 3 is 2.78 bits per heavy atom. The number of rotatable bonds is 3. The second-order valence-corrected chi connectivity index (χ2v) is 7.95. The summed E-state index contributed by atoms with van der Waals surface area (Å²) < 4.78 is 7.77. The van der Waals surface area contributed by atoms with E-state index in [2.05, 4.69) is 20.3 Å². The molecular weight excluding hydrogens is 348 g/mol. The molecule has 0 saturated carbocycles. The Balaban J connectivity index is 1.35. The van der Waals surface area contributed by atoms with Crippen molar-refractivity contribution in [3.63, 3.8) is 0 Å². The van der Waals surface area contributed by atoms with E-state index < -0.39 is 24.4 Å². The van der Waals surface area contributed by atoms with Gasteiger partial charge in [-0.25, -0.2) is 9.50 Å². The number of hydrogen-bond donors (Lipinski definition) is 4. The highest BCUT2D eigenvalue weighted by Crippen LogP contribution is 2.41. The summed E-state index contributed by atoms with van der Waals surface area (Å²) in [5, 5.41) is 28.9. The molecule has 4 atom stereocenters. The largest absolute Gasteiger partial charge is 0.388 e. The molecule has 2 aromatic heterocycles. The fraction of sp³-hybridized carbons (Fsp3) is 0.667. The van der Waals surface area contributed by atoms with Gasteiger partial charge in [0.25, 0.3) is 0 Å². The molecule has 0 radical (unpaired) electrons. The number of piperidine rings is 1. The summed E-state index contributed by atoms with van der Waals surface area (Å²) in [5.41, 5.74) is 7.47. The third-order valence-electron chi connectivity index (χ3n) is 6.62. The molecule has 2 aromatic rings. The number of anilines is 1. The quantitative estimate of drug-likeness (QED) is 0.557. The van der Waals surface area contributed by atoms with Gasteiger partial charge in [-0.15, -0.1) is 0 Å². The maximum absolute atomic E-state index is 10.6. The van der Waals surface area contributed by atoms with E-state index in [9.17, 15) is 10.2 Å². The second kappa shape index (κ2) is 6.39. The van der Waals surface area contributed by atoms with Crippen LogP contribution >= 0.6 is 0 Å². The molecule has 5 N–H and O–H groups in total. The third kappa shape index (κ3) is 2.65. The summed E-state index contributed by atoms with van der Waals surface area (Å²) in [6.45, 7) is 3.72. The Kier molecular flexibility index (Phi) is 4.10. The minimum Gasteiger partial charge on any atom is -0.388 e. The zero-order chi connectivity index (χ0) is 18.6. The molecular formula is C18H26N6O3. The van der Waals surface area contributed by atoms with Crippen LogP contribution in [0.5, 0.6) is 0 Å². The van der Waals surface area contributed by atoms with E-state index in [1.54, 1.807) is 10.6 Å². The van der Waals surface area contributed by atoms with Gasteiger partial charge in [-0.3, -0.25) is 4.90 Å². The van der Waals surface area contributed by atoms with Gasteiger partial charge in [0, 0.05) is 18.6 Å². The molecule has 5 rings (SSSR count). The molecule has 0 bridgehead atoms. The standard InChI is InChI=1S/C18H26N6O3/c19-17-12-2-1-11(24(12)22-10-21-17)16-15(26)14(25)13(27-16)9-23-8-5-18(23)3-6-20-7-4-18/h1-2,10,13-16,20,25-26H,3-9H2,(H2,19,21,22)/t13-,14-,15-,16+/m1/s1. The SMILES string of the molecule is Nc1ncnn2c([C@@H]3O[C@H](CN4CCC45CCNCC5)[C@@H](O)[C@H]3O)ccc12. The van der Waals surface area contributed by atoms with Crippen LogP contribution in [0.4, 0.5) is 5.82 Å². The molecule has 0 unspecified atom stereocenters. The van der Waals surface area contributed by atoms with E-state index >= 15 is 0 Å². The van der Waals surface area contributed by atoms with Gasteiger partial charge in [-0.2, -0.15) is 5.10 Å². The molecule has 3 saturated heterocycles. The lowest BCUT2D eigenvalue weighted by Crippen LogP contribution is -2.65. The Bertz CT molecular complexity index is 836. The summed E-state index contributed by atoms with van der Waals surface area (Å²) >= 11 is 0. The minimum absolute atomic E-state index is 0.237.